The number of fused-ring (bicyclic) bond motifs is 1. The number of halogens is 1. The standard InChI is InChI=1S/C23H21ClN6O4/c1-13(27-22-26-8-6-20(29-22)30-23(32)33-2)16-9-14-10-17(24)19(11-18(14)28-21(16)31)34-12-15-5-3-4-7-25-15/h3-11,13H,12H2,1-2H3,(H,28,31)(H2,26,27,29,30,32)/t13-/m0/s1. The predicted molar refractivity (Wildman–Crippen MR) is 128 cm³/mol. The fourth-order valence-electron chi connectivity index (χ4n) is 3.22. The molecule has 0 saturated heterocycles. The van der Waals surface area contributed by atoms with E-state index in [0.29, 0.717) is 21.9 Å². The van der Waals surface area contributed by atoms with Crippen LogP contribution in [0.4, 0.5) is 16.6 Å². The van der Waals surface area contributed by atoms with E-state index in [1.165, 1.54) is 19.4 Å². The van der Waals surface area contributed by atoms with Crippen molar-refractivity contribution in [2.45, 2.75) is 19.6 Å². The number of aromatic amines is 1. The highest BCUT2D eigenvalue weighted by Crippen LogP contribution is 2.30. The van der Waals surface area contributed by atoms with Gasteiger partial charge in [0.2, 0.25) is 5.95 Å². The number of H-pyrrole nitrogens is 1. The summed E-state index contributed by atoms with van der Waals surface area (Å²) in [5, 5.41) is 6.67. The lowest BCUT2D eigenvalue weighted by Gasteiger charge is -2.15. The summed E-state index contributed by atoms with van der Waals surface area (Å²) in [5.74, 6) is 0.934. The molecule has 11 heteroatoms. The summed E-state index contributed by atoms with van der Waals surface area (Å²) in [5.41, 5.74) is 1.52. The van der Waals surface area contributed by atoms with Gasteiger partial charge in [0, 0.05) is 29.4 Å². The number of anilines is 2. The van der Waals surface area contributed by atoms with Crippen LogP contribution in [0.25, 0.3) is 10.9 Å². The maximum absolute atomic E-state index is 12.8. The number of hydrogen-bond donors (Lipinski definition) is 3. The minimum atomic E-state index is -0.649. The molecule has 34 heavy (non-hydrogen) atoms. The molecule has 3 heterocycles. The van der Waals surface area contributed by atoms with Gasteiger partial charge in [0.25, 0.3) is 5.56 Å². The lowest BCUT2D eigenvalue weighted by molar-refractivity contribution is 0.187. The van der Waals surface area contributed by atoms with E-state index in [2.05, 4.69) is 35.3 Å². The largest absolute Gasteiger partial charge is 0.486 e. The van der Waals surface area contributed by atoms with Crippen LogP contribution in [0.1, 0.15) is 24.2 Å². The van der Waals surface area contributed by atoms with Crippen molar-refractivity contribution in [1.82, 2.24) is 19.9 Å². The molecule has 174 valence electrons. The topological polar surface area (TPSA) is 131 Å². The fourth-order valence-corrected chi connectivity index (χ4v) is 3.44. The molecular weight excluding hydrogens is 460 g/mol. The van der Waals surface area contributed by atoms with Crippen LogP contribution in [-0.4, -0.2) is 33.1 Å². The summed E-state index contributed by atoms with van der Waals surface area (Å²) >= 11 is 6.42. The third-order valence-corrected chi connectivity index (χ3v) is 5.21. The van der Waals surface area contributed by atoms with Crippen LogP contribution in [0.15, 0.2) is 59.7 Å². The van der Waals surface area contributed by atoms with Crippen molar-refractivity contribution >= 4 is 40.4 Å². The van der Waals surface area contributed by atoms with Gasteiger partial charge in [-0.3, -0.25) is 15.1 Å². The van der Waals surface area contributed by atoms with Crippen LogP contribution in [0.3, 0.4) is 0 Å². The lowest BCUT2D eigenvalue weighted by atomic mass is 10.1. The zero-order chi connectivity index (χ0) is 24.1. The summed E-state index contributed by atoms with van der Waals surface area (Å²) < 4.78 is 10.3. The number of rotatable bonds is 7. The van der Waals surface area contributed by atoms with Gasteiger partial charge in [0.05, 0.1) is 29.4 Å². The van der Waals surface area contributed by atoms with E-state index in [1.54, 1.807) is 31.3 Å². The normalized spacial score (nSPS) is 11.6. The molecule has 3 N–H and O–H groups in total. The molecule has 0 aliphatic carbocycles. The van der Waals surface area contributed by atoms with Crippen molar-refractivity contribution < 1.29 is 14.3 Å². The Hall–Kier alpha value is -4.18. The van der Waals surface area contributed by atoms with Crippen molar-refractivity contribution in [3.05, 3.63) is 81.5 Å². The smallest absolute Gasteiger partial charge is 0.412 e. The lowest BCUT2D eigenvalue weighted by Crippen LogP contribution is -2.20. The molecule has 0 aliphatic rings. The molecule has 4 rings (SSSR count). The number of carbonyl (C=O) groups excluding carboxylic acids is 1. The quantitative estimate of drug-likeness (QED) is 0.357. The van der Waals surface area contributed by atoms with Crippen LogP contribution in [0.5, 0.6) is 5.75 Å². The molecule has 4 aromatic rings. The minimum Gasteiger partial charge on any atom is -0.486 e. The van der Waals surface area contributed by atoms with E-state index < -0.39 is 12.1 Å². The van der Waals surface area contributed by atoms with Gasteiger partial charge in [0.1, 0.15) is 18.2 Å². The highest BCUT2D eigenvalue weighted by atomic mass is 35.5. The molecule has 1 amide bonds. The zero-order valence-electron chi connectivity index (χ0n) is 18.3. The number of nitrogens with zero attached hydrogens (tertiary/aromatic N) is 3. The SMILES string of the molecule is COC(=O)Nc1ccnc(N[C@@H](C)c2cc3cc(Cl)c(OCc4ccccn4)cc3[nH]c2=O)n1. The van der Waals surface area contributed by atoms with E-state index in [4.69, 9.17) is 16.3 Å². The minimum absolute atomic E-state index is 0.234. The van der Waals surface area contributed by atoms with Crippen molar-refractivity contribution in [3.8, 4) is 5.75 Å². The van der Waals surface area contributed by atoms with Gasteiger partial charge >= 0.3 is 6.09 Å². The Balaban J connectivity index is 1.54. The van der Waals surface area contributed by atoms with Gasteiger partial charge < -0.3 is 19.8 Å². The van der Waals surface area contributed by atoms with Gasteiger partial charge in [0.15, 0.2) is 0 Å². The van der Waals surface area contributed by atoms with E-state index in [0.717, 1.165) is 11.1 Å². The number of hydrogen-bond acceptors (Lipinski definition) is 8. The Bertz CT molecular complexity index is 1380. The molecule has 10 nitrogen and oxygen atoms in total. The van der Waals surface area contributed by atoms with E-state index in [9.17, 15) is 9.59 Å². The molecule has 0 unspecified atom stereocenters. The molecule has 3 aromatic heterocycles. The number of aromatic nitrogens is 4. The highest BCUT2D eigenvalue weighted by Gasteiger charge is 2.15. The average Bonchev–Trinajstić information content (AvgIpc) is 2.83. The van der Waals surface area contributed by atoms with Crippen LogP contribution >= 0.6 is 11.6 Å². The number of methoxy groups -OCH3 is 1. The highest BCUT2D eigenvalue weighted by molar-refractivity contribution is 6.32. The average molecular weight is 481 g/mol. The van der Waals surface area contributed by atoms with Gasteiger partial charge in [-0.05, 0) is 37.3 Å². The van der Waals surface area contributed by atoms with Gasteiger partial charge in [-0.2, -0.15) is 4.98 Å². The van der Waals surface area contributed by atoms with E-state index in [1.807, 2.05) is 18.2 Å². The molecule has 0 radical (unpaired) electrons. The van der Waals surface area contributed by atoms with Crippen LogP contribution in [0, 0.1) is 0 Å². The molecule has 0 spiro atoms. The van der Waals surface area contributed by atoms with Crippen molar-refractivity contribution in [1.29, 1.82) is 0 Å². The van der Waals surface area contributed by atoms with E-state index in [-0.39, 0.29) is 23.9 Å². The van der Waals surface area contributed by atoms with Gasteiger partial charge in [-0.15, -0.1) is 0 Å². The molecule has 0 bridgehead atoms. The summed E-state index contributed by atoms with van der Waals surface area (Å²) in [4.78, 5) is 39.6. The maximum Gasteiger partial charge on any atom is 0.412 e. The first-order valence-electron chi connectivity index (χ1n) is 10.3. The van der Waals surface area contributed by atoms with Gasteiger partial charge in [-0.1, -0.05) is 17.7 Å². The molecule has 0 aliphatic heterocycles. The number of carbonyl (C=O) groups is 1. The number of pyridine rings is 2. The summed E-state index contributed by atoms with van der Waals surface area (Å²) in [7, 11) is 1.26. The first-order valence-corrected chi connectivity index (χ1v) is 10.6. The Morgan fingerprint density at radius 3 is 2.79 bits per heavy atom. The fraction of sp³-hybridized carbons (Fsp3) is 0.174. The molecule has 1 aromatic carbocycles. The third-order valence-electron chi connectivity index (χ3n) is 4.91. The third kappa shape index (κ3) is 5.41. The van der Waals surface area contributed by atoms with Crippen molar-refractivity contribution in [3.63, 3.8) is 0 Å². The Morgan fingerprint density at radius 1 is 1.18 bits per heavy atom. The van der Waals surface area contributed by atoms with Crippen molar-refractivity contribution in [2.75, 3.05) is 17.7 Å². The second-order valence-electron chi connectivity index (χ2n) is 7.28. The summed E-state index contributed by atoms with van der Waals surface area (Å²) in [6.45, 7) is 2.05. The zero-order valence-corrected chi connectivity index (χ0v) is 19.1. The predicted octanol–water partition coefficient (Wildman–Crippen LogP) is 4.30. The van der Waals surface area contributed by atoms with Crippen LogP contribution in [0.2, 0.25) is 5.02 Å². The van der Waals surface area contributed by atoms with E-state index >= 15 is 0 Å². The van der Waals surface area contributed by atoms with Crippen molar-refractivity contribution in [2.24, 2.45) is 0 Å². The second-order valence-corrected chi connectivity index (χ2v) is 7.69. The number of benzene rings is 1. The van der Waals surface area contributed by atoms with Crippen LogP contribution in [-0.2, 0) is 11.3 Å². The number of nitrogens with one attached hydrogen (secondary N) is 3. The Labute approximate surface area is 199 Å². The molecule has 0 saturated carbocycles. The van der Waals surface area contributed by atoms with Crippen LogP contribution < -0.4 is 20.9 Å². The number of amides is 1. The molecule has 1 atom stereocenters. The number of ether oxygens (including phenoxy) is 2. The Kier molecular flexibility index (Phi) is 6.88. The first kappa shape index (κ1) is 23.0. The maximum atomic E-state index is 12.8. The monoisotopic (exact) mass is 480 g/mol. The molecular formula is C23H21ClN6O4. The Morgan fingerprint density at radius 2 is 2.03 bits per heavy atom. The first-order chi connectivity index (χ1) is 16.4. The summed E-state index contributed by atoms with van der Waals surface area (Å²) in [6, 6.07) is 11.8. The summed E-state index contributed by atoms with van der Waals surface area (Å²) in [6.07, 6.45) is 2.51. The molecule has 0 fully saturated rings. The second kappa shape index (κ2) is 10.2. The van der Waals surface area contributed by atoms with Gasteiger partial charge in [-0.25, -0.2) is 9.78 Å².